The second kappa shape index (κ2) is 13.6. The van der Waals surface area contributed by atoms with Crippen LogP contribution in [0.2, 0.25) is 0 Å². The van der Waals surface area contributed by atoms with E-state index in [1.807, 2.05) is 0 Å². The van der Waals surface area contributed by atoms with Crippen molar-refractivity contribution in [3.8, 4) is 0 Å². The molecule has 0 nitrogen and oxygen atoms in total. The third-order valence-corrected chi connectivity index (χ3v) is 11.5. The van der Waals surface area contributed by atoms with Gasteiger partial charge in [-0.1, -0.05) is 0 Å². The molecule has 0 aliphatic heterocycles. The van der Waals surface area contributed by atoms with Crippen molar-refractivity contribution < 1.29 is 4.20 Å². The first-order valence-electron chi connectivity index (χ1n) is 10.8. The Morgan fingerprint density at radius 3 is 1.13 bits per heavy atom. The molecule has 0 radical (unpaired) electrons. The average Bonchev–Trinajstić information content (AvgIpc) is 2.50. The van der Waals surface area contributed by atoms with Gasteiger partial charge in [-0.25, -0.2) is 0 Å². The number of rotatable bonds is 17. The van der Waals surface area contributed by atoms with Crippen LogP contribution in [0.3, 0.4) is 0 Å². The summed E-state index contributed by atoms with van der Waals surface area (Å²) < 4.78 is 16.1. The van der Waals surface area contributed by atoms with Crippen LogP contribution < -0.4 is 0 Å². The van der Waals surface area contributed by atoms with E-state index in [0.29, 0.717) is 0 Å². The van der Waals surface area contributed by atoms with Gasteiger partial charge in [0.2, 0.25) is 0 Å². The molecule has 0 fully saturated rings. The molecule has 0 aromatic heterocycles. The molecule has 0 saturated carbocycles. The molecule has 0 aromatic carbocycles. The predicted octanol–water partition coefficient (Wildman–Crippen LogP) is 8.58. The first-order chi connectivity index (χ1) is 11.0. The van der Waals surface area contributed by atoms with Crippen molar-refractivity contribution in [2.75, 3.05) is 24.6 Å². The van der Waals surface area contributed by atoms with Crippen LogP contribution in [0.5, 0.6) is 0 Å². The first kappa shape index (κ1) is 23.4. The van der Waals surface area contributed by atoms with Crippen LogP contribution in [-0.4, -0.2) is 24.6 Å². The third kappa shape index (κ3) is 10.8. The standard InChI is InChI=1S/C21H46FP/c1-5-9-10-11-12-13-14-15-16-17-21-23(22,18-6-2,19-7-3)20-8-4/h5-21H2,1-4H3. The van der Waals surface area contributed by atoms with Gasteiger partial charge in [0.1, 0.15) is 0 Å². The molecule has 0 spiro atoms. The van der Waals surface area contributed by atoms with Gasteiger partial charge in [-0.15, -0.1) is 0 Å². The predicted molar refractivity (Wildman–Crippen MR) is 110 cm³/mol. The maximum atomic E-state index is 16.1. The van der Waals surface area contributed by atoms with Gasteiger partial charge in [0.25, 0.3) is 0 Å². The van der Waals surface area contributed by atoms with Crippen molar-refractivity contribution >= 4 is 6.91 Å². The van der Waals surface area contributed by atoms with E-state index < -0.39 is 6.91 Å². The van der Waals surface area contributed by atoms with Crippen molar-refractivity contribution in [3.05, 3.63) is 0 Å². The Morgan fingerprint density at radius 2 is 0.783 bits per heavy atom. The average molecular weight is 349 g/mol. The van der Waals surface area contributed by atoms with Gasteiger partial charge in [-0.05, 0) is 0 Å². The molecule has 23 heavy (non-hydrogen) atoms. The van der Waals surface area contributed by atoms with Crippen LogP contribution >= 0.6 is 6.91 Å². The fourth-order valence-corrected chi connectivity index (χ4v) is 10.1. The Hall–Kier alpha value is 0.360. The number of unbranched alkanes of at least 4 members (excludes halogenated alkanes) is 9. The molecule has 0 unspecified atom stereocenters. The van der Waals surface area contributed by atoms with E-state index in [4.69, 9.17) is 0 Å². The molecule has 0 N–H and O–H groups in total. The van der Waals surface area contributed by atoms with E-state index in [0.717, 1.165) is 50.3 Å². The molecular formula is C21H46FP. The second-order valence-electron chi connectivity index (χ2n) is 7.90. The molecule has 0 aliphatic carbocycles. The fraction of sp³-hybridized carbons (Fsp3) is 1.00. The fourth-order valence-electron chi connectivity index (χ4n) is 4.34. The summed E-state index contributed by atoms with van der Waals surface area (Å²) in [5, 5.41) is 0. The van der Waals surface area contributed by atoms with E-state index in [2.05, 4.69) is 27.7 Å². The monoisotopic (exact) mass is 348 g/mol. The third-order valence-electron chi connectivity index (χ3n) is 5.42. The van der Waals surface area contributed by atoms with Gasteiger partial charge < -0.3 is 0 Å². The van der Waals surface area contributed by atoms with Crippen LogP contribution in [0.25, 0.3) is 0 Å². The van der Waals surface area contributed by atoms with Crippen molar-refractivity contribution in [2.45, 2.75) is 111 Å². The molecule has 0 amide bonds. The van der Waals surface area contributed by atoms with Crippen LogP contribution in [0, 0.1) is 0 Å². The molecule has 0 aromatic rings. The summed E-state index contributed by atoms with van der Waals surface area (Å²) in [6.07, 6.45) is 20.2. The zero-order chi connectivity index (χ0) is 17.5. The SMILES string of the molecule is CCCCCCCCCCCCP(F)(CCC)(CCC)CCC. The van der Waals surface area contributed by atoms with Gasteiger partial charge in [0.15, 0.2) is 0 Å². The molecule has 0 aliphatic rings. The van der Waals surface area contributed by atoms with E-state index in [-0.39, 0.29) is 0 Å². The summed E-state index contributed by atoms with van der Waals surface area (Å²) in [7, 11) is 0. The van der Waals surface area contributed by atoms with Gasteiger partial charge in [-0.3, -0.25) is 0 Å². The summed E-state index contributed by atoms with van der Waals surface area (Å²) in [5.41, 5.74) is 0. The second-order valence-corrected chi connectivity index (χ2v) is 13.3. The Balaban J connectivity index is 3.95. The molecule has 0 rings (SSSR count). The van der Waals surface area contributed by atoms with E-state index >= 15 is 4.20 Å². The Kier molecular flexibility index (Phi) is 13.8. The summed E-state index contributed by atoms with van der Waals surface area (Å²) in [6.45, 7) is 5.92. The van der Waals surface area contributed by atoms with Gasteiger partial charge in [0, 0.05) is 0 Å². The Bertz CT molecular complexity index is 245. The van der Waals surface area contributed by atoms with Crippen molar-refractivity contribution in [2.24, 2.45) is 0 Å². The topological polar surface area (TPSA) is 0 Å². The van der Waals surface area contributed by atoms with E-state index in [1.54, 1.807) is 0 Å². The van der Waals surface area contributed by atoms with Gasteiger partial charge in [-0.2, -0.15) is 0 Å². The first-order valence-corrected chi connectivity index (χ1v) is 13.6. The number of halogens is 1. The van der Waals surface area contributed by atoms with Crippen LogP contribution in [-0.2, 0) is 0 Å². The molecule has 0 bridgehead atoms. The van der Waals surface area contributed by atoms with Crippen LogP contribution in [0.15, 0.2) is 0 Å². The molecule has 142 valence electrons. The van der Waals surface area contributed by atoms with E-state index in [1.165, 1.54) is 57.8 Å². The van der Waals surface area contributed by atoms with Crippen molar-refractivity contribution in [1.29, 1.82) is 0 Å². The number of hydrogen-bond donors (Lipinski definition) is 0. The van der Waals surface area contributed by atoms with Crippen molar-refractivity contribution in [1.82, 2.24) is 0 Å². The summed E-state index contributed by atoms with van der Waals surface area (Å²) >= 11 is 0. The van der Waals surface area contributed by atoms with Crippen molar-refractivity contribution in [3.63, 3.8) is 0 Å². The Morgan fingerprint density at radius 1 is 0.435 bits per heavy atom. The quantitative estimate of drug-likeness (QED) is 0.182. The minimum atomic E-state index is -2.87. The molecular weight excluding hydrogens is 302 g/mol. The van der Waals surface area contributed by atoms with Crippen LogP contribution in [0.1, 0.15) is 111 Å². The molecule has 0 atom stereocenters. The van der Waals surface area contributed by atoms with E-state index in [9.17, 15) is 0 Å². The molecule has 2 heteroatoms. The number of hydrogen-bond acceptors (Lipinski definition) is 0. The molecule has 0 heterocycles. The molecule has 0 saturated heterocycles. The Labute approximate surface area is 147 Å². The van der Waals surface area contributed by atoms with Gasteiger partial charge in [0.05, 0.1) is 0 Å². The summed E-state index contributed by atoms with van der Waals surface area (Å²) in [5.74, 6) is 0. The van der Waals surface area contributed by atoms with Crippen LogP contribution in [0.4, 0.5) is 4.20 Å². The summed E-state index contributed by atoms with van der Waals surface area (Å²) in [4.78, 5) is 0. The zero-order valence-electron chi connectivity index (χ0n) is 16.8. The zero-order valence-corrected chi connectivity index (χ0v) is 17.7. The normalized spacial score (nSPS) is 13.9. The van der Waals surface area contributed by atoms with Gasteiger partial charge >= 0.3 is 147 Å². The summed E-state index contributed by atoms with van der Waals surface area (Å²) in [6, 6.07) is 0. The minimum absolute atomic E-state index is 0.894. The maximum absolute atomic E-state index is 16.1.